The van der Waals surface area contributed by atoms with Crippen molar-refractivity contribution in [3.05, 3.63) is 47.3 Å². The molecular weight excluding hydrogens is 214 g/mol. The fourth-order valence-corrected chi connectivity index (χ4v) is 1.62. The van der Waals surface area contributed by atoms with E-state index in [1.54, 1.807) is 10.9 Å². The van der Waals surface area contributed by atoms with Crippen LogP contribution in [-0.4, -0.2) is 15.7 Å². The summed E-state index contributed by atoms with van der Waals surface area (Å²) in [5.74, 6) is -0.120. The molecule has 2 aromatic rings. The van der Waals surface area contributed by atoms with Gasteiger partial charge in [0.1, 0.15) is 0 Å². The molecule has 1 N–H and O–H groups in total. The second kappa shape index (κ2) is 4.41. The van der Waals surface area contributed by atoms with Crippen LogP contribution in [0.4, 0.5) is 5.69 Å². The van der Waals surface area contributed by atoms with Crippen LogP contribution in [0.15, 0.2) is 30.5 Å². The van der Waals surface area contributed by atoms with E-state index in [2.05, 4.69) is 10.4 Å². The molecule has 0 radical (unpaired) electrons. The minimum atomic E-state index is -0.120. The summed E-state index contributed by atoms with van der Waals surface area (Å²) in [6.45, 7) is 3.84. The summed E-state index contributed by atoms with van der Waals surface area (Å²) in [6.07, 6.45) is 1.59. The number of para-hydroxylation sites is 1. The monoisotopic (exact) mass is 229 g/mol. The molecule has 0 unspecified atom stereocenters. The van der Waals surface area contributed by atoms with Crippen molar-refractivity contribution in [2.24, 2.45) is 7.05 Å². The third kappa shape index (κ3) is 2.20. The third-order valence-electron chi connectivity index (χ3n) is 2.87. The molecule has 88 valence electrons. The van der Waals surface area contributed by atoms with Gasteiger partial charge in [0.05, 0.1) is 11.8 Å². The van der Waals surface area contributed by atoms with E-state index >= 15 is 0 Å². The largest absolute Gasteiger partial charge is 0.322 e. The number of rotatable bonds is 2. The molecular formula is C13H15N3O. The van der Waals surface area contributed by atoms with Crippen molar-refractivity contribution >= 4 is 11.6 Å². The molecule has 0 bridgehead atoms. The van der Waals surface area contributed by atoms with Crippen LogP contribution in [0.25, 0.3) is 0 Å². The van der Waals surface area contributed by atoms with Crippen LogP contribution in [0.2, 0.25) is 0 Å². The van der Waals surface area contributed by atoms with E-state index in [0.717, 1.165) is 16.9 Å². The first kappa shape index (κ1) is 11.4. The lowest BCUT2D eigenvalue weighted by atomic mass is 10.2. The number of carbonyl (C=O) groups excluding carboxylic acids is 1. The minimum absolute atomic E-state index is 0.120. The highest BCUT2D eigenvalue weighted by molar-refractivity contribution is 6.05. The Hall–Kier alpha value is -2.10. The Balaban J connectivity index is 2.23. The van der Waals surface area contributed by atoms with Crippen molar-refractivity contribution in [3.8, 4) is 0 Å². The summed E-state index contributed by atoms with van der Waals surface area (Å²) in [5, 5.41) is 6.95. The van der Waals surface area contributed by atoms with Gasteiger partial charge < -0.3 is 5.32 Å². The molecule has 0 spiro atoms. The highest BCUT2D eigenvalue weighted by Crippen LogP contribution is 2.15. The summed E-state index contributed by atoms with van der Waals surface area (Å²) >= 11 is 0. The van der Waals surface area contributed by atoms with E-state index in [1.165, 1.54) is 0 Å². The van der Waals surface area contributed by atoms with Crippen LogP contribution < -0.4 is 5.32 Å². The van der Waals surface area contributed by atoms with Crippen molar-refractivity contribution in [3.63, 3.8) is 0 Å². The van der Waals surface area contributed by atoms with Crippen molar-refractivity contribution in [2.75, 3.05) is 5.32 Å². The number of aryl methyl sites for hydroxylation is 2. The molecule has 1 aromatic carbocycles. The molecule has 0 aliphatic carbocycles. The zero-order valence-corrected chi connectivity index (χ0v) is 10.2. The summed E-state index contributed by atoms with van der Waals surface area (Å²) in [5.41, 5.74) is 3.34. The van der Waals surface area contributed by atoms with E-state index in [9.17, 15) is 4.79 Å². The lowest BCUT2D eigenvalue weighted by Gasteiger charge is -2.07. The second-order valence-electron chi connectivity index (χ2n) is 4.04. The smallest absolute Gasteiger partial charge is 0.259 e. The van der Waals surface area contributed by atoms with Crippen LogP contribution in [0.1, 0.15) is 21.6 Å². The van der Waals surface area contributed by atoms with Crippen LogP contribution in [0.5, 0.6) is 0 Å². The van der Waals surface area contributed by atoms with Gasteiger partial charge in [-0.2, -0.15) is 5.10 Å². The van der Waals surface area contributed by atoms with Gasteiger partial charge in [-0.25, -0.2) is 0 Å². The molecule has 4 nitrogen and oxygen atoms in total. The lowest BCUT2D eigenvalue weighted by Crippen LogP contribution is -2.13. The summed E-state index contributed by atoms with van der Waals surface area (Å²) < 4.78 is 1.69. The topological polar surface area (TPSA) is 46.9 Å². The third-order valence-corrected chi connectivity index (χ3v) is 2.87. The molecule has 17 heavy (non-hydrogen) atoms. The molecule has 2 rings (SSSR count). The minimum Gasteiger partial charge on any atom is -0.322 e. The van der Waals surface area contributed by atoms with Gasteiger partial charge in [-0.1, -0.05) is 18.2 Å². The second-order valence-corrected chi connectivity index (χ2v) is 4.04. The fourth-order valence-electron chi connectivity index (χ4n) is 1.62. The zero-order chi connectivity index (χ0) is 12.4. The average Bonchev–Trinajstić information content (AvgIpc) is 2.63. The number of benzene rings is 1. The Morgan fingerprint density at radius 1 is 1.29 bits per heavy atom. The van der Waals surface area contributed by atoms with Gasteiger partial charge in [-0.3, -0.25) is 9.48 Å². The quantitative estimate of drug-likeness (QED) is 0.858. The van der Waals surface area contributed by atoms with E-state index in [4.69, 9.17) is 0 Å². The number of hydrogen-bond donors (Lipinski definition) is 1. The predicted molar refractivity (Wildman–Crippen MR) is 67.1 cm³/mol. The lowest BCUT2D eigenvalue weighted by molar-refractivity contribution is 0.102. The van der Waals surface area contributed by atoms with Crippen molar-refractivity contribution < 1.29 is 4.79 Å². The number of aromatic nitrogens is 2. The maximum absolute atomic E-state index is 12.0. The van der Waals surface area contributed by atoms with E-state index in [1.807, 2.05) is 45.2 Å². The number of nitrogens with zero attached hydrogens (tertiary/aromatic N) is 2. The fraction of sp³-hybridized carbons (Fsp3) is 0.231. The van der Waals surface area contributed by atoms with Crippen molar-refractivity contribution in [1.29, 1.82) is 0 Å². The van der Waals surface area contributed by atoms with Crippen LogP contribution in [-0.2, 0) is 7.05 Å². The van der Waals surface area contributed by atoms with Gasteiger partial charge in [0.2, 0.25) is 0 Å². The Morgan fingerprint density at radius 2 is 2.00 bits per heavy atom. The summed E-state index contributed by atoms with van der Waals surface area (Å²) in [4.78, 5) is 12.0. The van der Waals surface area contributed by atoms with E-state index < -0.39 is 0 Å². The van der Waals surface area contributed by atoms with Crippen LogP contribution in [0, 0.1) is 13.8 Å². The molecule has 4 heteroatoms. The number of carbonyl (C=O) groups is 1. The normalized spacial score (nSPS) is 10.3. The van der Waals surface area contributed by atoms with E-state index in [-0.39, 0.29) is 5.91 Å². The van der Waals surface area contributed by atoms with Crippen molar-refractivity contribution in [1.82, 2.24) is 9.78 Å². The van der Waals surface area contributed by atoms with E-state index in [0.29, 0.717) is 5.56 Å². The molecule has 1 heterocycles. The van der Waals surface area contributed by atoms with Crippen LogP contribution in [0.3, 0.4) is 0 Å². The summed E-state index contributed by atoms with van der Waals surface area (Å²) in [6, 6.07) is 7.70. The predicted octanol–water partition coefficient (Wildman–Crippen LogP) is 2.29. The number of hydrogen-bond acceptors (Lipinski definition) is 2. The maximum atomic E-state index is 12.0. The molecule has 0 aliphatic rings. The Bertz CT molecular complexity index is 558. The molecule has 0 atom stereocenters. The van der Waals surface area contributed by atoms with Crippen LogP contribution >= 0.6 is 0 Å². The number of amides is 1. The first-order valence-corrected chi connectivity index (χ1v) is 5.45. The molecule has 0 fully saturated rings. The van der Waals surface area contributed by atoms with Gasteiger partial charge in [-0.05, 0) is 25.5 Å². The van der Waals surface area contributed by atoms with Gasteiger partial charge in [0.25, 0.3) is 5.91 Å². The van der Waals surface area contributed by atoms with Gasteiger partial charge >= 0.3 is 0 Å². The Kier molecular flexibility index (Phi) is 2.95. The highest BCUT2D eigenvalue weighted by atomic mass is 16.1. The maximum Gasteiger partial charge on any atom is 0.259 e. The highest BCUT2D eigenvalue weighted by Gasteiger charge is 2.13. The van der Waals surface area contributed by atoms with Gasteiger partial charge in [0, 0.05) is 18.4 Å². The standard InChI is InChI=1S/C13H15N3O/c1-9-6-4-5-7-12(9)15-13(17)11-8-14-16(3)10(11)2/h4-8H,1-3H3,(H,15,17). The number of nitrogens with one attached hydrogen (secondary N) is 1. The summed E-state index contributed by atoms with van der Waals surface area (Å²) in [7, 11) is 1.82. The molecule has 0 aliphatic heterocycles. The van der Waals surface area contributed by atoms with Gasteiger partial charge in [-0.15, -0.1) is 0 Å². The van der Waals surface area contributed by atoms with Crippen molar-refractivity contribution in [2.45, 2.75) is 13.8 Å². The molecule has 0 saturated carbocycles. The molecule has 0 saturated heterocycles. The molecule has 1 amide bonds. The average molecular weight is 229 g/mol. The SMILES string of the molecule is Cc1ccccc1NC(=O)c1cnn(C)c1C. The van der Waals surface area contributed by atoms with Gasteiger partial charge in [0.15, 0.2) is 0 Å². The Morgan fingerprint density at radius 3 is 2.59 bits per heavy atom. The molecule has 1 aromatic heterocycles. The Labute approximate surface area is 100 Å². The zero-order valence-electron chi connectivity index (χ0n) is 10.2. The first-order chi connectivity index (χ1) is 8.09. The number of anilines is 1. The first-order valence-electron chi connectivity index (χ1n) is 5.45.